The van der Waals surface area contributed by atoms with E-state index in [1.165, 1.54) is 18.2 Å². The van der Waals surface area contributed by atoms with Crippen LogP contribution in [-0.2, 0) is 9.59 Å². The molecule has 0 radical (unpaired) electrons. The van der Waals surface area contributed by atoms with E-state index in [4.69, 9.17) is 4.74 Å². The second-order valence-electron chi connectivity index (χ2n) is 13.6. The number of ketones is 1. The van der Waals surface area contributed by atoms with E-state index >= 15 is 0 Å². The Kier molecular flexibility index (Phi) is 11.3. The lowest BCUT2D eigenvalue weighted by Crippen LogP contribution is -2.44. The number of urea groups is 1. The van der Waals surface area contributed by atoms with Crippen molar-refractivity contribution >= 4 is 51.0 Å². The highest BCUT2D eigenvalue weighted by Gasteiger charge is 2.28. The van der Waals surface area contributed by atoms with Crippen LogP contribution in [0.4, 0.5) is 4.79 Å². The first kappa shape index (κ1) is 35.3. The quantitative estimate of drug-likeness (QED) is 0.177. The summed E-state index contributed by atoms with van der Waals surface area (Å²) in [5.41, 5.74) is 2.26. The van der Waals surface area contributed by atoms with Crippen LogP contribution in [0.15, 0.2) is 101 Å². The molecule has 262 valence electrons. The Hall–Kier alpha value is -4.55. The van der Waals surface area contributed by atoms with Gasteiger partial charge in [-0.2, -0.15) is 0 Å². The van der Waals surface area contributed by atoms with Gasteiger partial charge in [-0.1, -0.05) is 61.4 Å². The normalized spacial score (nSPS) is 16.9. The van der Waals surface area contributed by atoms with Gasteiger partial charge in [0.25, 0.3) is 5.91 Å². The van der Waals surface area contributed by atoms with Crippen molar-refractivity contribution in [3.05, 3.63) is 102 Å². The summed E-state index contributed by atoms with van der Waals surface area (Å²) in [4.78, 5) is 45.1. The minimum absolute atomic E-state index is 0.0111. The molecule has 0 bridgehead atoms. The lowest BCUT2D eigenvalue weighted by molar-refractivity contribution is -0.121. The van der Waals surface area contributed by atoms with Gasteiger partial charge in [0.15, 0.2) is 4.34 Å². The number of nitrogens with zero attached hydrogens (tertiary/aromatic N) is 3. The van der Waals surface area contributed by atoms with Gasteiger partial charge in [-0.3, -0.25) is 19.6 Å². The first-order chi connectivity index (χ1) is 24.1. The number of hydrogen-bond acceptors (Lipinski definition) is 9. The Morgan fingerprint density at radius 1 is 1.06 bits per heavy atom. The number of amides is 3. The molecule has 2 aliphatic heterocycles. The molecular weight excluding hydrogens is 669 g/mol. The molecule has 3 aromatic rings. The Balaban J connectivity index is 1.17. The van der Waals surface area contributed by atoms with Crippen LogP contribution in [0.2, 0.25) is 0 Å². The molecule has 2 aromatic carbocycles. The van der Waals surface area contributed by atoms with Crippen LogP contribution in [0, 0.1) is 0 Å². The topological polar surface area (TPSA) is 116 Å². The van der Waals surface area contributed by atoms with Crippen molar-refractivity contribution < 1.29 is 19.1 Å². The Labute approximate surface area is 301 Å². The summed E-state index contributed by atoms with van der Waals surface area (Å²) in [6.07, 6.45) is 16.4. The molecular formula is C38H44N6O4S2. The highest BCUT2D eigenvalue weighted by Crippen LogP contribution is 2.31. The summed E-state index contributed by atoms with van der Waals surface area (Å²) >= 11 is 2.98. The molecule has 1 atom stereocenters. The predicted octanol–water partition coefficient (Wildman–Crippen LogP) is 7.36. The number of hydrazine groups is 1. The fraction of sp³-hybridized carbons (Fsp3) is 0.368. The summed E-state index contributed by atoms with van der Waals surface area (Å²) in [6, 6.07) is 14.8. The van der Waals surface area contributed by atoms with Gasteiger partial charge in [-0.25, -0.2) is 9.78 Å². The molecule has 1 saturated carbocycles. The number of carbonyl (C=O) groups is 3. The Bertz CT molecular complexity index is 1790. The van der Waals surface area contributed by atoms with Gasteiger partial charge in [0.2, 0.25) is 0 Å². The summed E-state index contributed by atoms with van der Waals surface area (Å²) in [5, 5.41) is 12.8. The molecule has 3 aliphatic rings. The van der Waals surface area contributed by atoms with Crippen molar-refractivity contribution in [2.24, 2.45) is 0 Å². The Morgan fingerprint density at radius 3 is 2.60 bits per heavy atom. The van der Waals surface area contributed by atoms with Crippen LogP contribution < -0.4 is 20.7 Å². The van der Waals surface area contributed by atoms with E-state index in [0.29, 0.717) is 23.7 Å². The van der Waals surface area contributed by atoms with E-state index in [1.807, 2.05) is 98.7 Å². The van der Waals surface area contributed by atoms with Crippen LogP contribution in [0.25, 0.3) is 10.2 Å². The number of allylic oxidation sites excluding steroid dienone is 3. The van der Waals surface area contributed by atoms with Crippen LogP contribution >= 0.6 is 23.1 Å². The SMILES string of the molecule is CC(C)(C)Oc1ccc(C(CC(=O)CSc2nc3ccccc3s2)NC(=O)C2=CC=CN3CC=CC(NC(=O)NC4CCCCC4)=CN23)cc1. The van der Waals surface area contributed by atoms with E-state index in [9.17, 15) is 14.4 Å². The van der Waals surface area contributed by atoms with E-state index in [1.54, 1.807) is 28.6 Å². The first-order valence-electron chi connectivity index (χ1n) is 17.1. The highest BCUT2D eigenvalue weighted by molar-refractivity contribution is 8.01. The number of carbonyl (C=O) groups excluding carboxylic acids is 3. The molecule has 1 fully saturated rings. The third-order valence-corrected chi connectivity index (χ3v) is 10.6. The van der Waals surface area contributed by atoms with Gasteiger partial charge >= 0.3 is 6.03 Å². The molecule has 0 saturated heterocycles. The zero-order valence-electron chi connectivity index (χ0n) is 28.7. The predicted molar refractivity (Wildman–Crippen MR) is 199 cm³/mol. The summed E-state index contributed by atoms with van der Waals surface area (Å²) < 4.78 is 7.93. The molecule has 1 aliphatic carbocycles. The second kappa shape index (κ2) is 16.0. The van der Waals surface area contributed by atoms with Gasteiger partial charge < -0.3 is 20.7 Å². The summed E-state index contributed by atoms with van der Waals surface area (Å²) in [7, 11) is 0. The fourth-order valence-electron chi connectivity index (χ4n) is 6.08. The molecule has 3 N–H and O–H groups in total. The van der Waals surface area contributed by atoms with E-state index in [-0.39, 0.29) is 41.5 Å². The minimum atomic E-state index is -0.595. The van der Waals surface area contributed by atoms with Crippen molar-refractivity contribution in [1.29, 1.82) is 0 Å². The smallest absolute Gasteiger partial charge is 0.319 e. The molecule has 50 heavy (non-hydrogen) atoms. The Morgan fingerprint density at radius 2 is 1.84 bits per heavy atom. The van der Waals surface area contributed by atoms with Gasteiger partial charge in [-0.15, -0.1) is 11.3 Å². The van der Waals surface area contributed by atoms with Gasteiger partial charge in [0.05, 0.1) is 40.5 Å². The first-order valence-corrected chi connectivity index (χ1v) is 18.9. The standard InChI is InChI=1S/C38H44N6O4S2/c1-38(2,3)48-30-19-17-26(18-20-30)32(23-29(45)25-49-37-42-31-14-7-8-16-34(31)50-37)41-35(46)33-15-10-22-43-21-9-13-28(24-44(33)43)40-36(47)39-27-11-5-4-6-12-27/h7-10,13-20,22,24,27,32H,4-6,11-12,21,23,25H2,1-3H3,(H,41,46)(H2,39,40,47). The lowest BCUT2D eigenvalue weighted by atomic mass is 9.96. The number of nitrogens with one attached hydrogen (secondary N) is 3. The number of rotatable bonds is 11. The summed E-state index contributed by atoms with van der Waals surface area (Å²) in [6.45, 7) is 6.45. The molecule has 6 rings (SSSR count). The average Bonchev–Trinajstić information content (AvgIpc) is 3.39. The maximum Gasteiger partial charge on any atom is 0.319 e. The number of hydrogen-bond donors (Lipinski definition) is 3. The highest BCUT2D eigenvalue weighted by atomic mass is 32.2. The monoisotopic (exact) mass is 712 g/mol. The number of fused-ring (bicyclic) bond motifs is 2. The number of thiazole rings is 1. The second-order valence-corrected chi connectivity index (χ2v) is 15.8. The number of Topliss-reactive ketones (excluding diaryl/α,β-unsaturated/α-hetero) is 1. The van der Waals surface area contributed by atoms with Crippen LogP contribution in [0.3, 0.4) is 0 Å². The van der Waals surface area contributed by atoms with Crippen molar-refractivity contribution in [2.75, 3.05) is 12.3 Å². The molecule has 0 spiro atoms. The number of para-hydroxylation sites is 1. The van der Waals surface area contributed by atoms with E-state index in [2.05, 4.69) is 20.9 Å². The maximum absolute atomic E-state index is 14.1. The molecule has 1 unspecified atom stereocenters. The number of ether oxygens (including phenoxy) is 1. The van der Waals surface area contributed by atoms with Crippen molar-refractivity contribution in [2.45, 2.75) is 81.3 Å². The molecule has 3 amide bonds. The van der Waals surface area contributed by atoms with E-state index in [0.717, 1.165) is 45.8 Å². The largest absolute Gasteiger partial charge is 0.488 e. The average molecular weight is 713 g/mol. The van der Waals surface area contributed by atoms with E-state index < -0.39 is 6.04 Å². The van der Waals surface area contributed by atoms with Crippen molar-refractivity contribution in [1.82, 2.24) is 31.0 Å². The number of aromatic nitrogens is 1. The molecule has 12 heteroatoms. The maximum atomic E-state index is 14.1. The van der Waals surface area contributed by atoms with Crippen LogP contribution in [0.5, 0.6) is 5.75 Å². The third kappa shape index (κ3) is 9.57. The van der Waals surface area contributed by atoms with Gasteiger partial charge in [-0.05, 0) is 81.7 Å². The zero-order valence-corrected chi connectivity index (χ0v) is 30.3. The zero-order chi connectivity index (χ0) is 35.1. The minimum Gasteiger partial charge on any atom is -0.488 e. The van der Waals surface area contributed by atoms with Crippen LogP contribution in [0.1, 0.15) is 70.9 Å². The van der Waals surface area contributed by atoms with Crippen molar-refractivity contribution in [3.63, 3.8) is 0 Å². The molecule has 1 aromatic heterocycles. The molecule has 10 nitrogen and oxygen atoms in total. The van der Waals surface area contributed by atoms with Gasteiger partial charge in [0.1, 0.15) is 22.8 Å². The fourth-order valence-corrected chi connectivity index (χ4v) is 8.02. The molecule has 3 heterocycles. The summed E-state index contributed by atoms with van der Waals surface area (Å²) in [5.74, 6) is 0.572. The number of thioether (sulfide) groups is 1. The lowest BCUT2D eigenvalue weighted by Gasteiger charge is -2.35. The van der Waals surface area contributed by atoms with Crippen molar-refractivity contribution in [3.8, 4) is 5.75 Å². The number of benzene rings is 2. The third-order valence-electron chi connectivity index (χ3n) is 8.39. The van der Waals surface area contributed by atoms with Gasteiger partial charge in [0, 0.05) is 18.7 Å². The van der Waals surface area contributed by atoms with Crippen LogP contribution in [-0.4, -0.2) is 56.7 Å².